The van der Waals surface area contributed by atoms with Crippen LogP contribution in [0.2, 0.25) is 5.02 Å². The molecule has 1 spiro atoms. The van der Waals surface area contributed by atoms with E-state index in [1.54, 1.807) is 51.9 Å². The van der Waals surface area contributed by atoms with Crippen LogP contribution in [-0.4, -0.2) is 69.6 Å². The van der Waals surface area contributed by atoms with Gasteiger partial charge >= 0.3 is 5.97 Å². The van der Waals surface area contributed by atoms with Crippen molar-refractivity contribution in [3.05, 3.63) is 54.6 Å². The van der Waals surface area contributed by atoms with Crippen molar-refractivity contribution in [2.75, 3.05) is 24.7 Å². The minimum atomic E-state index is -0.847. The highest BCUT2D eigenvalue weighted by molar-refractivity contribution is 8.02. The predicted octanol–water partition coefficient (Wildman–Crippen LogP) is 3.45. The van der Waals surface area contributed by atoms with Gasteiger partial charge in [0.1, 0.15) is 12.6 Å². The highest BCUT2D eigenvalue weighted by Gasteiger charge is 2.74. The molecule has 3 aliphatic rings. The van der Waals surface area contributed by atoms with Crippen LogP contribution in [0.15, 0.2) is 49.6 Å². The maximum absolute atomic E-state index is 14.4. The molecule has 0 saturated carbocycles. The number of anilines is 1. The molecule has 3 aliphatic heterocycles. The molecule has 0 aromatic heterocycles. The molecule has 2 amide bonds. The minimum absolute atomic E-state index is 0.0700. The Balaban J connectivity index is 1.81. The average Bonchev–Trinajstić information content (AvgIpc) is 3.50. The summed E-state index contributed by atoms with van der Waals surface area (Å²) in [6, 6.07) is 5.67. The van der Waals surface area contributed by atoms with Crippen LogP contribution in [0, 0.1) is 11.8 Å². The summed E-state index contributed by atoms with van der Waals surface area (Å²) in [6.07, 6.45) is 4.93. The summed E-state index contributed by atoms with van der Waals surface area (Å²) in [4.78, 5) is 44.5. The van der Waals surface area contributed by atoms with Crippen molar-refractivity contribution in [2.45, 2.75) is 48.3 Å². The summed E-state index contributed by atoms with van der Waals surface area (Å²) >= 11 is 8.03. The largest absolute Gasteiger partial charge is 0.461 e. The van der Waals surface area contributed by atoms with E-state index in [0.717, 1.165) is 0 Å². The Morgan fingerprint density at radius 2 is 2.11 bits per heavy atom. The smallest absolute Gasteiger partial charge is 0.311 e. The van der Waals surface area contributed by atoms with Crippen molar-refractivity contribution < 1.29 is 24.2 Å². The van der Waals surface area contributed by atoms with Gasteiger partial charge in [0.05, 0.1) is 39.9 Å². The van der Waals surface area contributed by atoms with Gasteiger partial charge in [-0.05, 0) is 31.4 Å². The van der Waals surface area contributed by atoms with Crippen molar-refractivity contribution in [1.82, 2.24) is 4.90 Å². The Morgan fingerprint density at radius 1 is 1.37 bits per heavy atom. The molecule has 2 unspecified atom stereocenters. The summed E-state index contributed by atoms with van der Waals surface area (Å²) in [5.74, 6) is -2.30. The Morgan fingerprint density at radius 3 is 2.74 bits per heavy atom. The summed E-state index contributed by atoms with van der Waals surface area (Å²) < 4.78 is 4.60. The quantitative estimate of drug-likeness (QED) is 0.377. The second kappa shape index (κ2) is 10.4. The zero-order valence-electron chi connectivity index (χ0n) is 19.8. The molecular weight excluding hydrogens is 488 g/mol. The number of halogens is 1. The molecule has 0 radical (unpaired) electrons. The van der Waals surface area contributed by atoms with E-state index in [1.165, 1.54) is 6.08 Å². The highest BCUT2D eigenvalue weighted by Crippen LogP contribution is 2.67. The van der Waals surface area contributed by atoms with Crippen molar-refractivity contribution in [1.29, 1.82) is 0 Å². The molecule has 6 atom stereocenters. The van der Waals surface area contributed by atoms with E-state index in [2.05, 4.69) is 13.2 Å². The summed E-state index contributed by atoms with van der Waals surface area (Å²) in [6.45, 7) is 9.28. The SMILES string of the molecule is C=CCOC(=O)[C@@H]1[C@@H]2CCC3(S2)C(C(=O)N(CC=C)c2ccccc2Cl)N([C@@H](CC)CO)C(=O)[C@H]13. The Hall–Kier alpha value is -2.29. The topological polar surface area (TPSA) is 87.2 Å². The number of thioether (sulfide) groups is 1. The number of ether oxygens (including phenoxy) is 1. The first-order chi connectivity index (χ1) is 16.9. The van der Waals surface area contributed by atoms with E-state index in [9.17, 15) is 19.5 Å². The van der Waals surface area contributed by atoms with Crippen LogP contribution in [0.25, 0.3) is 0 Å². The molecule has 3 heterocycles. The number of carbonyl (C=O) groups excluding carboxylic acids is 3. The van der Waals surface area contributed by atoms with Gasteiger partial charge in [-0.2, -0.15) is 0 Å². The third-order valence-electron chi connectivity index (χ3n) is 7.38. The number of carbonyl (C=O) groups is 3. The lowest BCUT2D eigenvalue weighted by Crippen LogP contribution is -2.57. The van der Waals surface area contributed by atoms with Crippen LogP contribution < -0.4 is 4.90 Å². The lowest BCUT2D eigenvalue weighted by Gasteiger charge is -2.39. The number of aliphatic hydroxyl groups excluding tert-OH is 1. The van der Waals surface area contributed by atoms with Gasteiger partial charge in [0.15, 0.2) is 0 Å². The van der Waals surface area contributed by atoms with Crippen LogP contribution >= 0.6 is 23.4 Å². The average molecular weight is 519 g/mol. The molecule has 35 heavy (non-hydrogen) atoms. The molecule has 9 heteroatoms. The molecule has 3 saturated heterocycles. The van der Waals surface area contributed by atoms with Gasteiger partial charge in [-0.25, -0.2) is 0 Å². The molecule has 1 aromatic rings. The minimum Gasteiger partial charge on any atom is -0.461 e. The normalized spacial score (nSPS) is 29.6. The molecular formula is C26H31ClN2O5S. The Bertz CT molecular complexity index is 1030. The fraction of sp³-hybridized carbons (Fsp3) is 0.500. The number of benzene rings is 1. The van der Waals surface area contributed by atoms with Gasteiger partial charge in [0.25, 0.3) is 5.91 Å². The Kier molecular flexibility index (Phi) is 7.64. The first-order valence-electron chi connectivity index (χ1n) is 11.9. The van der Waals surface area contributed by atoms with Crippen LogP contribution in [0.1, 0.15) is 26.2 Å². The van der Waals surface area contributed by atoms with E-state index in [1.807, 2.05) is 6.92 Å². The second-order valence-electron chi connectivity index (χ2n) is 9.15. The lowest BCUT2D eigenvalue weighted by atomic mass is 9.71. The van der Waals surface area contributed by atoms with Crippen molar-refractivity contribution in [3.63, 3.8) is 0 Å². The Labute approximate surface area is 215 Å². The monoisotopic (exact) mass is 518 g/mol. The van der Waals surface area contributed by atoms with E-state index in [4.69, 9.17) is 16.3 Å². The number of hydrogen-bond donors (Lipinski definition) is 1. The third-order valence-corrected chi connectivity index (χ3v) is 9.66. The van der Waals surface area contributed by atoms with Gasteiger partial charge in [-0.1, -0.05) is 49.4 Å². The summed E-state index contributed by atoms with van der Waals surface area (Å²) in [5, 5.41) is 10.5. The zero-order chi connectivity index (χ0) is 25.3. The van der Waals surface area contributed by atoms with Gasteiger partial charge in [0.2, 0.25) is 5.91 Å². The van der Waals surface area contributed by atoms with Crippen molar-refractivity contribution in [2.24, 2.45) is 11.8 Å². The van der Waals surface area contributed by atoms with Crippen LogP contribution in [0.4, 0.5) is 5.69 Å². The van der Waals surface area contributed by atoms with Crippen molar-refractivity contribution in [3.8, 4) is 0 Å². The van der Waals surface area contributed by atoms with Crippen LogP contribution in [0.5, 0.6) is 0 Å². The lowest BCUT2D eigenvalue weighted by molar-refractivity contribution is -0.153. The standard InChI is InChI=1S/C26H31ClN2O5S/c1-4-13-28(18-10-8-7-9-17(18)27)24(32)22-26-12-11-19(35-26)20(25(33)34-14-5-2)21(26)23(31)29(22)16(6-3)15-30/h4-5,7-10,16,19-22,30H,1-2,6,11-15H2,3H3/t16-,19-,20+,21-,22?,26?/m0/s1. The molecule has 7 nitrogen and oxygen atoms in total. The third kappa shape index (κ3) is 4.09. The fourth-order valence-electron chi connectivity index (χ4n) is 5.94. The molecule has 4 rings (SSSR count). The van der Waals surface area contributed by atoms with E-state index < -0.39 is 34.6 Å². The first kappa shape index (κ1) is 25.8. The number of hydrogen-bond acceptors (Lipinski definition) is 6. The van der Waals surface area contributed by atoms with Gasteiger partial charge in [0, 0.05) is 11.8 Å². The number of fused-ring (bicyclic) bond motifs is 1. The van der Waals surface area contributed by atoms with E-state index in [0.29, 0.717) is 30.0 Å². The maximum Gasteiger partial charge on any atom is 0.311 e. The van der Waals surface area contributed by atoms with E-state index >= 15 is 0 Å². The molecule has 188 valence electrons. The number of nitrogens with zero attached hydrogens (tertiary/aromatic N) is 2. The highest BCUT2D eigenvalue weighted by atomic mass is 35.5. The predicted molar refractivity (Wildman–Crippen MR) is 137 cm³/mol. The first-order valence-corrected chi connectivity index (χ1v) is 13.2. The molecule has 1 aromatic carbocycles. The van der Waals surface area contributed by atoms with E-state index in [-0.39, 0.29) is 36.8 Å². The number of rotatable bonds is 10. The van der Waals surface area contributed by atoms with Gasteiger partial charge in [-0.15, -0.1) is 18.3 Å². The number of amides is 2. The van der Waals surface area contributed by atoms with Gasteiger partial charge in [-0.3, -0.25) is 14.4 Å². The fourth-order valence-corrected chi connectivity index (χ4v) is 8.36. The zero-order valence-corrected chi connectivity index (χ0v) is 21.3. The number of esters is 1. The summed E-state index contributed by atoms with van der Waals surface area (Å²) in [5.41, 5.74) is 0.530. The number of aliphatic hydroxyl groups is 1. The van der Waals surface area contributed by atoms with Gasteiger partial charge < -0.3 is 19.6 Å². The number of likely N-dealkylation sites (tertiary alicyclic amines) is 1. The molecule has 2 bridgehead atoms. The molecule has 0 aliphatic carbocycles. The van der Waals surface area contributed by atoms with Crippen molar-refractivity contribution >= 4 is 46.8 Å². The van der Waals surface area contributed by atoms with Crippen LogP contribution in [-0.2, 0) is 19.1 Å². The molecule has 3 fully saturated rings. The molecule has 1 N–H and O–H groups in total. The summed E-state index contributed by atoms with van der Waals surface area (Å²) in [7, 11) is 0. The van der Waals surface area contributed by atoms with Crippen LogP contribution in [0.3, 0.4) is 0 Å². The second-order valence-corrected chi connectivity index (χ2v) is 11.2. The maximum atomic E-state index is 14.4. The number of para-hydroxylation sites is 1.